The number of anilines is 2. The second-order valence-corrected chi connectivity index (χ2v) is 8.52. The second kappa shape index (κ2) is 8.64. The largest absolute Gasteiger partial charge is 0.360 e. The quantitative estimate of drug-likeness (QED) is 0.682. The van der Waals surface area contributed by atoms with Crippen LogP contribution in [-0.4, -0.2) is 27.9 Å². The number of amides is 1. The molecule has 130 valence electrons. The predicted molar refractivity (Wildman–Crippen MR) is 98.6 cm³/mol. The van der Waals surface area contributed by atoms with Crippen molar-refractivity contribution in [3.8, 4) is 0 Å². The molecule has 0 saturated heterocycles. The molecule has 2 aromatic rings. The zero-order valence-electron chi connectivity index (χ0n) is 13.5. The number of halogens is 2. The summed E-state index contributed by atoms with van der Waals surface area (Å²) in [6.45, 7) is 6.75. The molecule has 1 amide bonds. The van der Waals surface area contributed by atoms with E-state index in [2.05, 4.69) is 34.7 Å². The highest BCUT2D eigenvalue weighted by Crippen LogP contribution is 2.30. The van der Waals surface area contributed by atoms with Gasteiger partial charge in [0.1, 0.15) is 5.82 Å². The minimum atomic E-state index is -0.566. The van der Waals surface area contributed by atoms with Crippen LogP contribution in [0.5, 0.6) is 0 Å². The van der Waals surface area contributed by atoms with Gasteiger partial charge in [0, 0.05) is 11.6 Å². The van der Waals surface area contributed by atoms with Gasteiger partial charge in [-0.3, -0.25) is 4.79 Å². The van der Waals surface area contributed by atoms with E-state index < -0.39 is 11.1 Å². The molecule has 9 heteroatoms. The lowest BCUT2D eigenvalue weighted by Gasteiger charge is -2.11. The summed E-state index contributed by atoms with van der Waals surface area (Å²) in [5, 5.41) is 14.4. The molecule has 1 heterocycles. The van der Waals surface area contributed by atoms with E-state index in [-0.39, 0.29) is 16.6 Å². The third kappa shape index (κ3) is 5.61. The van der Waals surface area contributed by atoms with Crippen LogP contribution >= 0.6 is 34.7 Å². The SMILES string of the molecule is CC(C)CNc1nnc(S[C@@H](C)C(=O)Nc2ccc(Cl)cc2F)s1. The van der Waals surface area contributed by atoms with Gasteiger partial charge >= 0.3 is 0 Å². The summed E-state index contributed by atoms with van der Waals surface area (Å²) in [7, 11) is 0. The highest BCUT2D eigenvalue weighted by Gasteiger charge is 2.18. The molecule has 0 aliphatic carbocycles. The Bertz CT molecular complexity index is 711. The average Bonchev–Trinajstić information content (AvgIpc) is 2.95. The van der Waals surface area contributed by atoms with Crippen LogP contribution in [0.15, 0.2) is 22.5 Å². The second-order valence-electron chi connectivity index (χ2n) is 5.52. The Labute approximate surface area is 153 Å². The first kappa shape index (κ1) is 19.0. The van der Waals surface area contributed by atoms with E-state index in [0.29, 0.717) is 10.3 Å². The van der Waals surface area contributed by atoms with Crippen LogP contribution in [0.1, 0.15) is 20.8 Å². The van der Waals surface area contributed by atoms with Crippen molar-refractivity contribution in [2.75, 3.05) is 17.2 Å². The summed E-state index contributed by atoms with van der Waals surface area (Å²) in [4.78, 5) is 12.2. The maximum Gasteiger partial charge on any atom is 0.237 e. The molecule has 1 atom stereocenters. The zero-order valence-corrected chi connectivity index (χ0v) is 15.9. The highest BCUT2D eigenvalue weighted by atomic mass is 35.5. The van der Waals surface area contributed by atoms with Crippen LogP contribution in [-0.2, 0) is 4.79 Å². The standard InChI is InChI=1S/C15H18ClFN4OS2/c1-8(2)7-18-14-20-21-15(24-14)23-9(3)13(22)19-12-5-4-10(16)6-11(12)17/h4-6,8-9H,7H2,1-3H3,(H,18,20)(H,19,22)/t9-/m0/s1. The Morgan fingerprint density at radius 1 is 1.38 bits per heavy atom. The topological polar surface area (TPSA) is 66.9 Å². The summed E-state index contributed by atoms with van der Waals surface area (Å²) in [5.74, 6) is -0.374. The summed E-state index contributed by atoms with van der Waals surface area (Å²) in [6, 6.07) is 4.12. The van der Waals surface area contributed by atoms with Crippen molar-refractivity contribution in [3.63, 3.8) is 0 Å². The lowest BCUT2D eigenvalue weighted by atomic mass is 10.2. The molecular weight excluding hydrogens is 371 g/mol. The number of aromatic nitrogens is 2. The predicted octanol–water partition coefficient (Wildman–Crippen LogP) is 4.52. The number of nitrogens with zero attached hydrogens (tertiary/aromatic N) is 2. The fraction of sp³-hybridized carbons (Fsp3) is 0.400. The van der Waals surface area contributed by atoms with Gasteiger partial charge < -0.3 is 10.6 Å². The van der Waals surface area contributed by atoms with Gasteiger partial charge in [0.2, 0.25) is 11.0 Å². The van der Waals surface area contributed by atoms with E-state index in [9.17, 15) is 9.18 Å². The molecule has 0 spiro atoms. The van der Waals surface area contributed by atoms with Crippen LogP contribution in [0.2, 0.25) is 5.02 Å². The van der Waals surface area contributed by atoms with E-state index in [4.69, 9.17) is 11.6 Å². The molecule has 0 aliphatic rings. The molecule has 5 nitrogen and oxygen atoms in total. The van der Waals surface area contributed by atoms with Gasteiger partial charge in [-0.1, -0.05) is 48.5 Å². The number of nitrogens with one attached hydrogen (secondary N) is 2. The smallest absolute Gasteiger partial charge is 0.237 e. The highest BCUT2D eigenvalue weighted by molar-refractivity contribution is 8.02. The van der Waals surface area contributed by atoms with Crippen molar-refractivity contribution in [1.29, 1.82) is 0 Å². The van der Waals surface area contributed by atoms with Crippen molar-refractivity contribution in [2.45, 2.75) is 30.4 Å². The molecule has 2 N–H and O–H groups in total. The maximum absolute atomic E-state index is 13.7. The lowest BCUT2D eigenvalue weighted by molar-refractivity contribution is -0.115. The van der Waals surface area contributed by atoms with Crippen molar-refractivity contribution in [2.24, 2.45) is 5.92 Å². The summed E-state index contributed by atoms with van der Waals surface area (Å²) in [5.41, 5.74) is 0.105. The molecular formula is C15H18ClFN4OS2. The average molecular weight is 389 g/mol. The zero-order chi connectivity index (χ0) is 17.7. The number of rotatable bonds is 7. The van der Waals surface area contributed by atoms with E-state index in [1.807, 2.05) is 0 Å². The van der Waals surface area contributed by atoms with Gasteiger partial charge in [0.05, 0.1) is 10.9 Å². The van der Waals surface area contributed by atoms with Gasteiger partial charge in [-0.05, 0) is 31.0 Å². The van der Waals surface area contributed by atoms with E-state index >= 15 is 0 Å². The van der Waals surface area contributed by atoms with Crippen LogP contribution in [0.25, 0.3) is 0 Å². The molecule has 0 unspecified atom stereocenters. The van der Waals surface area contributed by atoms with Crippen LogP contribution in [0.3, 0.4) is 0 Å². The molecule has 0 saturated carbocycles. The minimum absolute atomic E-state index is 0.105. The Morgan fingerprint density at radius 2 is 2.12 bits per heavy atom. The molecule has 1 aromatic carbocycles. The molecule has 0 aliphatic heterocycles. The monoisotopic (exact) mass is 388 g/mol. The third-order valence-electron chi connectivity index (χ3n) is 2.90. The van der Waals surface area contributed by atoms with Crippen molar-refractivity contribution >= 4 is 51.4 Å². The number of carbonyl (C=O) groups excluding carboxylic acids is 1. The van der Waals surface area contributed by atoms with Crippen molar-refractivity contribution in [3.05, 3.63) is 29.0 Å². The maximum atomic E-state index is 13.7. The molecule has 24 heavy (non-hydrogen) atoms. The lowest BCUT2D eigenvalue weighted by Crippen LogP contribution is -2.22. The summed E-state index contributed by atoms with van der Waals surface area (Å²) < 4.78 is 14.4. The van der Waals surface area contributed by atoms with Gasteiger partial charge in [-0.15, -0.1) is 10.2 Å². The van der Waals surface area contributed by atoms with Gasteiger partial charge in [-0.2, -0.15) is 0 Å². The van der Waals surface area contributed by atoms with Gasteiger partial charge in [0.15, 0.2) is 4.34 Å². The van der Waals surface area contributed by atoms with E-state index in [0.717, 1.165) is 17.7 Å². The molecule has 1 aromatic heterocycles. The summed E-state index contributed by atoms with van der Waals surface area (Å²) >= 11 is 8.36. The first-order valence-corrected chi connectivity index (χ1v) is 9.42. The Hall–Kier alpha value is -1.38. The molecule has 0 radical (unpaired) electrons. The first-order valence-electron chi connectivity index (χ1n) is 7.35. The molecule has 0 bridgehead atoms. The summed E-state index contributed by atoms with van der Waals surface area (Å²) in [6.07, 6.45) is 0. The van der Waals surface area contributed by atoms with Crippen LogP contribution < -0.4 is 10.6 Å². The minimum Gasteiger partial charge on any atom is -0.360 e. The fourth-order valence-corrected chi connectivity index (χ4v) is 3.71. The first-order chi connectivity index (χ1) is 11.3. The van der Waals surface area contributed by atoms with Gasteiger partial charge in [-0.25, -0.2) is 4.39 Å². The van der Waals surface area contributed by atoms with Gasteiger partial charge in [0.25, 0.3) is 0 Å². The van der Waals surface area contributed by atoms with E-state index in [1.165, 1.54) is 35.2 Å². The fourth-order valence-electron chi connectivity index (χ4n) is 1.65. The molecule has 0 fully saturated rings. The Morgan fingerprint density at radius 3 is 2.79 bits per heavy atom. The Balaban J connectivity index is 1.91. The van der Waals surface area contributed by atoms with Crippen molar-refractivity contribution < 1.29 is 9.18 Å². The number of benzene rings is 1. The molecule has 2 rings (SSSR count). The van der Waals surface area contributed by atoms with Crippen LogP contribution in [0, 0.1) is 11.7 Å². The Kier molecular flexibility index (Phi) is 6.82. The number of thioether (sulfide) groups is 1. The van der Waals surface area contributed by atoms with Crippen LogP contribution in [0.4, 0.5) is 15.2 Å². The number of carbonyl (C=O) groups is 1. The number of hydrogen-bond acceptors (Lipinski definition) is 6. The van der Waals surface area contributed by atoms with E-state index in [1.54, 1.807) is 6.92 Å². The number of hydrogen-bond donors (Lipinski definition) is 2. The third-order valence-corrected chi connectivity index (χ3v) is 5.20. The normalized spacial score (nSPS) is 12.2. The van der Waals surface area contributed by atoms with Crippen molar-refractivity contribution in [1.82, 2.24) is 10.2 Å².